The van der Waals surface area contributed by atoms with E-state index in [1.165, 1.54) is 12.3 Å². The first-order valence-corrected chi connectivity index (χ1v) is 4.17. The Morgan fingerprint density at radius 3 is 2.73 bits per heavy atom. The summed E-state index contributed by atoms with van der Waals surface area (Å²) in [6, 6.07) is 4.43. The van der Waals surface area contributed by atoms with Crippen LogP contribution in [0, 0.1) is 11.6 Å². The van der Waals surface area contributed by atoms with Crippen molar-refractivity contribution in [2.24, 2.45) is 0 Å². The molecule has 0 amide bonds. The highest BCUT2D eigenvalue weighted by molar-refractivity contribution is 5.59. The Bertz CT molecular complexity index is 551. The van der Waals surface area contributed by atoms with Crippen LogP contribution in [0.3, 0.4) is 0 Å². The number of hydrogen-bond donors (Lipinski definition) is 1. The van der Waals surface area contributed by atoms with Gasteiger partial charge in [-0.25, -0.2) is 18.6 Å². The van der Waals surface area contributed by atoms with Gasteiger partial charge in [-0.3, -0.25) is 0 Å². The van der Waals surface area contributed by atoms with Gasteiger partial charge in [-0.2, -0.15) is 0 Å². The fraction of sp³-hybridized carbons (Fsp3) is 0. The van der Waals surface area contributed by atoms with Gasteiger partial charge in [0.25, 0.3) is 0 Å². The summed E-state index contributed by atoms with van der Waals surface area (Å²) in [4.78, 5) is 16.6. The number of hydrogen-bond acceptors (Lipinski definition) is 2. The maximum absolute atomic E-state index is 13.3. The lowest BCUT2D eigenvalue weighted by Gasteiger charge is -2.02. The lowest BCUT2D eigenvalue weighted by Crippen LogP contribution is -2.09. The van der Waals surface area contributed by atoms with Gasteiger partial charge in [-0.05, 0) is 24.3 Å². The number of nitrogens with one attached hydrogen (secondary N) is 1. The Morgan fingerprint density at radius 1 is 1.20 bits per heavy atom. The van der Waals surface area contributed by atoms with Crippen molar-refractivity contribution in [1.82, 2.24) is 9.97 Å². The van der Waals surface area contributed by atoms with Crippen LogP contribution >= 0.6 is 0 Å². The maximum atomic E-state index is 13.3. The van der Waals surface area contributed by atoms with Crippen LogP contribution < -0.4 is 5.69 Å². The van der Waals surface area contributed by atoms with E-state index in [0.717, 1.165) is 18.2 Å². The van der Waals surface area contributed by atoms with Gasteiger partial charge >= 0.3 is 5.69 Å². The Labute approximate surface area is 83.4 Å². The molecule has 0 aliphatic rings. The lowest BCUT2D eigenvalue weighted by molar-refractivity contribution is 0.602. The van der Waals surface area contributed by atoms with Crippen LogP contribution in [0.5, 0.6) is 0 Å². The quantitative estimate of drug-likeness (QED) is 0.775. The number of rotatable bonds is 1. The average molecular weight is 208 g/mol. The highest BCUT2D eigenvalue weighted by Crippen LogP contribution is 2.20. The van der Waals surface area contributed by atoms with Crippen LogP contribution in [0.2, 0.25) is 0 Å². The number of benzene rings is 1. The maximum Gasteiger partial charge on any atom is 0.345 e. The first-order chi connectivity index (χ1) is 7.16. The highest BCUT2D eigenvalue weighted by atomic mass is 19.1. The van der Waals surface area contributed by atoms with Crippen LogP contribution in [-0.4, -0.2) is 9.97 Å². The fourth-order valence-corrected chi connectivity index (χ4v) is 1.23. The van der Waals surface area contributed by atoms with Crippen molar-refractivity contribution in [3.05, 3.63) is 52.6 Å². The molecule has 15 heavy (non-hydrogen) atoms. The largest absolute Gasteiger partial charge is 0.345 e. The van der Waals surface area contributed by atoms with Crippen LogP contribution in [0.4, 0.5) is 8.78 Å². The summed E-state index contributed by atoms with van der Waals surface area (Å²) in [6.07, 6.45) is 1.23. The molecule has 0 aliphatic heterocycles. The number of aromatic nitrogens is 2. The molecule has 0 bridgehead atoms. The van der Waals surface area contributed by atoms with Crippen molar-refractivity contribution in [3.63, 3.8) is 0 Å². The summed E-state index contributed by atoms with van der Waals surface area (Å²) in [6.45, 7) is 0. The molecule has 0 aliphatic carbocycles. The Balaban J connectivity index is 2.63. The zero-order valence-corrected chi connectivity index (χ0v) is 7.50. The number of H-pyrrole nitrogens is 1. The van der Waals surface area contributed by atoms with Gasteiger partial charge in [0.1, 0.15) is 11.6 Å². The number of nitrogens with zero attached hydrogens (tertiary/aromatic N) is 1. The van der Waals surface area contributed by atoms with E-state index in [1.54, 1.807) is 0 Å². The van der Waals surface area contributed by atoms with Crippen LogP contribution in [0.25, 0.3) is 11.3 Å². The second-order valence-corrected chi connectivity index (χ2v) is 2.91. The molecule has 0 radical (unpaired) electrons. The molecule has 0 fully saturated rings. The van der Waals surface area contributed by atoms with E-state index in [0.29, 0.717) is 0 Å². The molecular formula is C10H6F2N2O. The molecule has 76 valence electrons. The van der Waals surface area contributed by atoms with Crippen molar-refractivity contribution in [3.8, 4) is 11.3 Å². The minimum Gasteiger partial charge on any atom is -0.305 e. The number of halogens is 2. The molecule has 0 saturated heterocycles. The van der Waals surface area contributed by atoms with E-state index < -0.39 is 17.3 Å². The van der Waals surface area contributed by atoms with Crippen molar-refractivity contribution in [2.45, 2.75) is 0 Å². The topological polar surface area (TPSA) is 45.8 Å². The average Bonchev–Trinajstić information content (AvgIpc) is 2.22. The standard InChI is InChI=1S/C10H6F2N2O/c11-6-1-2-8(12)7(5-6)9-3-4-13-10(15)14-9/h1-5H,(H,13,14,15). The van der Waals surface area contributed by atoms with E-state index in [9.17, 15) is 13.6 Å². The Morgan fingerprint density at radius 2 is 2.00 bits per heavy atom. The van der Waals surface area contributed by atoms with Gasteiger partial charge in [-0.15, -0.1) is 0 Å². The van der Waals surface area contributed by atoms with Gasteiger partial charge in [-0.1, -0.05) is 0 Å². The first kappa shape index (κ1) is 9.51. The highest BCUT2D eigenvalue weighted by Gasteiger charge is 2.06. The second-order valence-electron chi connectivity index (χ2n) is 2.91. The Kier molecular flexibility index (Phi) is 2.29. The summed E-state index contributed by atoms with van der Waals surface area (Å²) in [7, 11) is 0. The van der Waals surface area contributed by atoms with Crippen LogP contribution in [0.15, 0.2) is 35.3 Å². The molecule has 1 aromatic heterocycles. The van der Waals surface area contributed by atoms with Crippen LogP contribution in [-0.2, 0) is 0 Å². The lowest BCUT2D eigenvalue weighted by atomic mass is 10.1. The molecule has 2 aromatic rings. The minimum atomic E-state index is -0.601. The molecular weight excluding hydrogens is 202 g/mol. The van der Waals surface area contributed by atoms with Gasteiger partial charge < -0.3 is 4.98 Å². The zero-order chi connectivity index (χ0) is 10.8. The summed E-state index contributed by atoms with van der Waals surface area (Å²) in [5.41, 5.74) is -0.391. The normalized spacial score (nSPS) is 10.3. The zero-order valence-electron chi connectivity index (χ0n) is 7.50. The third-order valence-electron chi connectivity index (χ3n) is 1.89. The summed E-state index contributed by atoms with van der Waals surface area (Å²) in [5, 5.41) is 0. The van der Waals surface area contributed by atoms with E-state index in [-0.39, 0.29) is 11.3 Å². The molecule has 0 saturated carbocycles. The molecule has 3 nitrogen and oxygen atoms in total. The predicted octanol–water partition coefficient (Wildman–Crippen LogP) is 1.72. The van der Waals surface area contributed by atoms with Gasteiger partial charge in [0.05, 0.1) is 5.69 Å². The summed E-state index contributed by atoms with van der Waals surface area (Å²) < 4.78 is 26.1. The van der Waals surface area contributed by atoms with Crippen molar-refractivity contribution < 1.29 is 8.78 Å². The van der Waals surface area contributed by atoms with Crippen molar-refractivity contribution in [1.29, 1.82) is 0 Å². The predicted molar refractivity (Wildman–Crippen MR) is 50.2 cm³/mol. The van der Waals surface area contributed by atoms with E-state index in [4.69, 9.17) is 0 Å². The molecule has 1 heterocycles. The van der Waals surface area contributed by atoms with Crippen molar-refractivity contribution >= 4 is 0 Å². The SMILES string of the molecule is O=c1nccc(-c2cc(F)ccc2F)[nH]1. The van der Waals surface area contributed by atoms with E-state index >= 15 is 0 Å². The first-order valence-electron chi connectivity index (χ1n) is 4.17. The Hall–Kier alpha value is -2.04. The third-order valence-corrected chi connectivity index (χ3v) is 1.89. The second kappa shape index (κ2) is 3.61. The molecule has 0 spiro atoms. The molecule has 1 N–H and O–H groups in total. The third kappa shape index (κ3) is 1.90. The van der Waals surface area contributed by atoms with Gasteiger partial charge in [0, 0.05) is 11.8 Å². The van der Waals surface area contributed by atoms with E-state index in [2.05, 4.69) is 9.97 Å². The molecule has 5 heteroatoms. The summed E-state index contributed by atoms with van der Waals surface area (Å²) >= 11 is 0. The van der Waals surface area contributed by atoms with Gasteiger partial charge in [0.15, 0.2) is 0 Å². The van der Waals surface area contributed by atoms with Crippen LogP contribution in [0.1, 0.15) is 0 Å². The smallest absolute Gasteiger partial charge is 0.305 e. The molecule has 1 aromatic carbocycles. The minimum absolute atomic E-state index is 0.00880. The van der Waals surface area contributed by atoms with Crippen molar-refractivity contribution in [2.75, 3.05) is 0 Å². The van der Waals surface area contributed by atoms with E-state index in [1.807, 2.05) is 0 Å². The fourth-order valence-electron chi connectivity index (χ4n) is 1.23. The molecule has 0 atom stereocenters. The van der Waals surface area contributed by atoms with Gasteiger partial charge in [0.2, 0.25) is 0 Å². The molecule has 0 unspecified atom stereocenters. The summed E-state index contributed by atoms with van der Waals surface area (Å²) in [5.74, 6) is -1.16. The monoisotopic (exact) mass is 208 g/mol. The molecule has 2 rings (SSSR count). The number of aromatic amines is 1.